The Kier molecular flexibility index (Phi) is 3.74. The lowest BCUT2D eigenvalue weighted by molar-refractivity contribution is 0.405. The molecule has 2 rings (SSSR count). The Balaban J connectivity index is 2.09. The molecular formula is C12H13NOS2. The Morgan fingerprint density at radius 1 is 1.38 bits per heavy atom. The quantitative estimate of drug-likeness (QED) is 0.665. The summed E-state index contributed by atoms with van der Waals surface area (Å²) in [6.45, 7) is 0. The third kappa shape index (κ3) is 2.71. The number of ether oxygens (including phenoxy) is 1. The van der Waals surface area contributed by atoms with Gasteiger partial charge in [0.05, 0.1) is 7.11 Å². The van der Waals surface area contributed by atoms with E-state index in [4.69, 9.17) is 10.5 Å². The molecule has 0 aliphatic carbocycles. The van der Waals surface area contributed by atoms with Crippen molar-refractivity contribution in [2.24, 2.45) is 0 Å². The second kappa shape index (κ2) is 5.27. The van der Waals surface area contributed by atoms with Crippen LogP contribution in [0.1, 0.15) is 5.56 Å². The molecule has 2 aromatic rings. The van der Waals surface area contributed by atoms with Crippen molar-refractivity contribution in [1.29, 1.82) is 0 Å². The van der Waals surface area contributed by atoms with E-state index < -0.39 is 0 Å². The largest absolute Gasteiger partial charge is 0.496 e. The number of nitrogen functional groups attached to an aromatic ring is 1. The van der Waals surface area contributed by atoms with E-state index in [0.717, 1.165) is 22.1 Å². The highest BCUT2D eigenvalue weighted by molar-refractivity contribution is 7.98. The van der Waals surface area contributed by atoms with Gasteiger partial charge in [-0.2, -0.15) is 11.3 Å². The summed E-state index contributed by atoms with van der Waals surface area (Å²) in [4.78, 5) is 1.13. The van der Waals surface area contributed by atoms with Crippen LogP contribution < -0.4 is 10.5 Å². The van der Waals surface area contributed by atoms with Gasteiger partial charge in [-0.25, -0.2) is 0 Å². The summed E-state index contributed by atoms with van der Waals surface area (Å²) in [5.74, 6) is 1.81. The van der Waals surface area contributed by atoms with Crippen molar-refractivity contribution in [2.75, 3.05) is 12.8 Å². The molecule has 0 fully saturated rings. The number of thioether (sulfide) groups is 1. The molecule has 0 radical (unpaired) electrons. The van der Waals surface area contributed by atoms with Gasteiger partial charge in [0.2, 0.25) is 0 Å². The molecule has 2 nitrogen and oxygen atoms in total. The smallest absolute Gasteiger partial charge is 0.134 e. The van der Waals surface area contributed by atoms with Crippen LogP contribution in [-0.2, 0) is 5.75 Å². The molecule has 2 N–H and O–H groups in total. The Hall–Kier alpha value is -1.13. The molecule has 0 bridgehead atoms. The van der Waals surface area contributed by atoms with E-state index in [1.54, 1.807) is 30.2 Å². The number of hydrogen-bond donors (Lipinski definition) is 1. The number of benzene rings is 1. The van der Waals surface area contributed by atoms with E-state index in [0.29, 0.717) is 0 Å². The zero-order chi connectivity index (χ0) is 11.4. The third-order valence-electron chi connectivity index (χ3n) is 2.16. The SMILES string of the molecule is COc1cc(N)ccc1SCc1ccsc1. The van der Waals surface area contributed by atoms with Crippen molar-refractivity contribution in [2.45, 2.75) is 10.6 Å². The maximum Gasteiger partial charge on any atom is 0.134 e. The van der Waals surface area contributed by atoms with E-state index >= 15 is 0 Å². The summed E-state index contributed by atoms with van der Waals surface area (Å²) in [5, 5.41) is 4.26. The van der Waals surface area contributed by atoms with Gasteiger partial charge in [-0.1, -0.05) is 0 Å². The summed E-state index contributed by atoms with van der Waals surface area (Å²) >= 11 is 3.49. The van der Waals surface area contributed by atoms with Crippen molar-refractivity contribution >= 4 is 28.8 Å². The van der Waals surface area contributed by atoms with Crippen molar-refractivity contribution in [3.63, 3.8) is 0 Å². The second-order valence-electron chi connectivity index (χ2n) is 3.33. The maximum absolute atomic E-state index is 5.71. The molecule has 0 saturated carbocycles. The minimum Gasteiger partial charge on any atom is -0.496 e. The zero-order valence-electron chi connectivity index (χ0n) is 8.97. The lowest BCUT2D eigenvalue weighted by Crippen LogP contribution is -1.90. The normalized spacial score (nSPS) is 10.3. The molecule has 1 aromatic heterocycles. The number of anilines is 1. The minimum absolute atomic E-state index is 0.733. The maximum atomic E-state index is 5.71. The van der Waals surface area contributed by atoms with Crippen molar-refractivity contribution in [3.8, 4) is 5.75 Å². The van der Waals surface area contributed by atoms with Crippen LogP contribution in [0.15, 0.2) is 39.9 Å². The molecule has 0 unspecified atom stereocenters. The summed E-state index contributed by atoms with van der Waals surface area (Å²) in [7, 11) is 1.67. The summed E-state index contributed by atoms with van der Waals surface area (Å²) in [6, 6.07) is 7.90. The van der Waals surface area contributed by atoms with E-state index in [1.165, 1.54) is 5.56 Å². The first-order valence-electron chi connectivity index (χ1n) is 4.87. The molecule has 1 aromatic carbocycles. The van der Waals surface area contributed by atoms with Gasteiger partial charge in [-0.3, -0.25) is 0 Å². The van der Waals surface area contributed by atoms with Crippen LogP contribution in [0, 0.1) is 0 Å². The van der Waals surface area contributed by atoms with Crippen LogP contribution in [0.5, 0.6) is 5.75 Å². The molecule has 0 aliphatic heterocycles. The van der Waals surface area contributed by atoms with E-state index in [-0.39, 0.29) is 0 Å². The van der Waals surface area contributed by atoms with Crippen LogP contribution in [0.25, 0.3) is 0 Å². The van der Waals surface area contributed by atoms with Gasteiger partial charge in [0.15, 0.2) is 0 Å². The Morgan fingerprint density at radius 2 is 2.25 bits per heavy atom. The highest BCUT2D eigenvalue weighted by Gasteiger charge is 2.04. The van der Waals surface area contributed by atoms with Gasteiger partial charge in [-0.15, -0.1) is 11.8 Å². The van der Waals surface area contributed by atoms with Crippen LogP contribution in [0.4, 0.5) is 5.69 Å². The Labute approximate surface area is 103 Å². The monoisotopic (exact) mass is 251 g/mol. The lowest BCUT2D eigenvalue weighted by atomic mass is 10.3. The predicted octanol–water partition coefficient (Wildman–Crippen LogP) is 3.63. The van der Waals surface area contributed by atoms with Crippen LogP contribution in [-0.4, -0.2) is 7.11 Å². The molecular weight excluding hydrogens is 238 g/mol. The van der Waals surface area contributed by atoms with Crippen molar-refractivity contribution in [1.82, 2.24) is 0 Å². The average Bonchev–Trinajstić information content (AvgIpc) is 2.80. The fourth-order valence-corrected chi connectivity index (χ4v) is 3.06. The topological polar surface area (TPSA) is 35.2 Å². The van der Waals surface area contributed by atoms with Crippen LogP contribution in [0.2, 0.25) is 0 Å². The number of hydrogen-bond acceptors (Lipinski definition) is 4. The highest BCUT2D eigenvalue weighted by Crippen LogP contribution is 2.33. The molecule has 16 heavy (non-hydrogen) atoms. The van der Waals surface area contributed by atoms with Crippen LogP contribution in [0.3, 0.4) is 0 Å². The Bertz CT molecular complexity index is 454. The molecule has 0 atom stereocenters. The molecule has 84 valence electrons. The number of rotatable bonds is 4. The fourth-order valence-electron chi connectivity index (χ4n) is 1.34. The zero-order valence-corrected chi connectivity index (χ0v) is 10.6. The molecule has 0 amide bonds. The van der Waals surface area contributed by atoms with Crippen molar-refractivity contribution in [3.05, 3.63) is 40.6 Å². The van der Waals surface area contributed by atoms with Gasteiger partial charge in [0.1, 0.15) is 5.75 Å². The lowest BCUT2D eigenvalue weighted by Gasteiger charge is -2.08. The summed E-state index contributed by atoms with van der Waals surface area (Å²) < 4.78 is 5.30. The average molecular weight is 251 g/mol. The van der Waals surface area contributed by atoms with Gasteiger partial charge >= 0.3 is 0 Å². The predicted molar refractivity (Wildman–Crippen MR) is 71.3 cm³/mol. The molecule has 0 spiro atoms. The van der Waals surface area contributed by atoms with Gasteiger partial charge in [-0.05, 0) is 34.5 Å². The van der Waals surface area contributed by atoms with Gasteiger partial charge in [0.25, 0.3) is 0 Å². The summed E-state index contributed by atoms with van der Waals surface area (Å²) in [5.41, 5.74) is 7.78. The number of nitrogens with two attached hydrogens (primary N) is 1. The first-order chi connectivity index (χ1) is 7.79. The van der Waals surface area contributed by atoms with E-state index in [2.05, 4.69) is 16.8 Å². The van der Waals surface area contributed by atoms with Crippen LogP contribution >= 0.6 is 23.1 Å². The molecule has 0 aliphatic rings. The molecule has 0 saturated heterocycles. The minimum atomic E-state index is 0.733. The number of thiophene rings is 1. The standard InChI is InChI=1S/C12H13NOS2/c1-14-11-6-10(13)2-3-12(11)16-8-9-4-5-15-7-9/h2-7H,8,13H2,1H3. The highest BCUT2D eigenvalue weighted by atomic mass is 32.2. The Morgan fingerprint density at radius 3 is 2.94 bits per heavy atom. The van der Waals surface area contributed by atoms with Gasteiger partial charge in [0, 0.05) is 22.4 Å². The molecule has 1 heterocycles. The first kappa shape index (κ1) is 11.4. The van der Waals surface area contributed by atoms with Gasteiger partial charge < -0.3 is 10.5 Å². The number of methoxy groups -OCH3 is 1. The fraction of sp³-hybridized carbons (Fsp3) is 0.167. The first-order valence-corrected chi connectivity index (χ1v) is 6.80. The second-order valence-corrected chi connectivity index (χ2v) is 5.13. The third-order valence-corrected chi connectivity index (χ3v) is 4.02. The van der Waals surface area contributed by atoms with E-state index in [1.807, 2.05) is 18.2 Å². The summed E-state index contributed by atoms with van der Waals surface area (Å²) in [6.07, 6.45) is 0. The van der Waals surface area contributed by atoms with Crippen molar-refractivity contribution < 1.29 is 4.74 Å². The van der Waals surface area contributed by atoms with E-state index in [9.17, 15) is 0 Å². The molecule has 4 heteroatoms.